The molecule has 2 aliphatic rings. The molecule has 0 spiro atoms. The Labute approximate surface area is 122 Å². The van der Waals surface area contributed by atoms with E-state index in [1.54, 1.807) is 6.92 Å². The lowest BCUT2D eigenvalue weighted by atomic mass is 9.75. The number of esters is 1. The highest BCUT2D eigenvalue weighted by Gasteiger charge is 2.45. The SMILES string of the molecule is CC1=NC2=C(C(=O)OC2)C(c2ccccc2C)C1C(=O)O. The number of carbonyl (C=O) groups excluding carboxylic acids is 1. The summed E-state index contributed by atoms with van der Waals surface area (Å²) in [5, 5.41) is 9.58. The minimum absolute atomic E-state index is 0.125. The molecule has 0 saturated carbocycles. The van der Waals surface area contributed by atoms with Gasteiger partial charge in [-0.15, -0.1) is 0 Å². The number of ether oxygens (including phenoxy) is 1. The molecule has 0 amide bonds. The van der Waals surface area contributed by atoms with Crippen molar-refractivity contribution in [2.45, 2.75) is 19.8 Å². The third kappa shape index (κ3) is 2.05. The number of benzene rings is 1. The van der Waals surface area contributed by atoms with Crippen molar-refractivity contribution in [1.29, 1.82) is 0 Å². The van der Waals surface area contributed by atoms with E-state index >= 15 is 0 Å². The van der Waals surface area contributed by atoms with E-state index in [0.29, 0.717) is 17.0 Å². The molecule has 21 heavy (non-hydrogen) atoms. The Bertz CT molecular complexity index is 702. The van der Waals surface area contributed by atoms with Crippen LogP contribution < -0.4 is 0 Å². The lowest BCUT2D eigenvalue weighted by molar-refractivity contribution is -0.140. The summed E-state index contributed by atoms with van der Waals surface area (Å²) in [6.07, 6.45) is 0. The minimum atomic E-state index is -0.976. The topological polar surface area (TPSA) is 76.0 Å². The molecule has 0 fully saturated rings. The molecule has 0 aromatic heterocycles. The molecule has 5 nitrogen and oxygen atoms in total. The zero-order valence-electron chi connectivity index (χ0n) is 11.8. The van der Waals surface area contributed by atoms with Crippen molar-refractivity contribution in [2.24, 2.45) is 10.9 Å². The Morgan fingerprint density at radius 3 is 2.71 bits per heavy atom. The molecule has 2 aliphatic heterocycles. The van der Waals surface area contributed by atoms with Crippen molar-refractivity contribution in [1.82, 2.24) is 0 Å². The highest BCUT2D eigenvalue weighted by Crippen LogP contribution is 2.42. The predicted molar refractivity (Wildman–Crippen MR) is 76.1 cm³/mol. The van der Waals surface area contributed by atoms with E-state index in [0.717, 1.165) is 11.1 Å². The van der Waals surface area contributed by atoms with Crippen molar-refractivity contribution in [2.75, 3.05) is 6.61 Å². The van der Waals surface area contributed by atoms with E-state index < -0.39 is 23.8 Å². The van der Waals surface area contributed by atoms with E-state index in [1.807, 2.05) is 31.2 Å². The number of carboxylic acid groups (broad SMARTS) is 1. The summed E-state index contributed by atoms with van der Waals surface area (Å²) in [5.41, 5.74) is 3.25. The van der Waals surface area contributed by atoms with Crippen molar-refractivity contribution in [3.63, 3.8) is 0 Å². The molecular weight excluding hydrogens is 270 g/mol. The number of aryl methyl sites for hydroxylation is 1. The quantitative estimate of drug-likeness (QED) is 0.844. The maximum absolute atomic E-state index is 12.0. The van der Waals surface area contributed by atoms with Crippen LogP contribution in [0, 0.1) is 12.8 Å². The lowest BCUT2D eigenvalue weighted by Crippen LogP contribution is -2.34. The van der Waals surface area contributed by atoms with E-state index in [9.17, 15) is 14.7 Å². The van der Waals surface area contributed by atoms with Crippen LogP contribution >= 0.6 is 0 Å². The van der Waals surface area contributed by atoms with Gasteiger partial charge >= 0.3 is 11.9 Å². The maximum atomic E-state index is 12.0. The average molecular weight is 285 g/mol. The van der Waals surface area contributed by atoms with Gasteiger partial charge in [-0.3, -0.25) is 9.79 Å². The molecule has 0 radical (unpaired) electrons. The fourth-order valence-corrected chi connectivity index (χ4v) is 3.09. The third-order valence-electron chi connectivity index (χ3n) is 4.07. The summed E-state index contributed by atoms with van der Waals surface area (Å²) < 4.78 is 5.05. The molecule has 5 heteroatoms. The Kier molecular flexibility index (Phi) is 3.12. The number of aliphatic carboxylic acids is 1. The third-order valence-corrected chi connectivity index (χ3v) is 4.07. The van der Waals surface area contributed by atoms with Gasteiger partial charge in [0.25, 0.3) is 0 Å². The zero-order chi connectivity index (χ0) is 15.1. The van der Waals surface area contributed by atoms with Crippen LogP contribution in [0.1, 0.15) is 24.0 Å². The smallest absolute Gasteiger partial charge is 0.337 e. The van der Waals surface area contributed by atoms with Gasteiger partial charge in [-0.2, -0.15) is 0 Å². The fraction of sp³-hybridized carbons (Fsp3) is 0.312. The number of carbonyl (C=O) groups is 2. The summed E-state index contributed by atoms with van der Waals surface area (Å²) in [6, 6.07) is 7.52. The zero-order valence-corrected chi connectivity index (χ0v) is 11.8. The maximum Gasteiger partial charge on any atom is 0.337 e. The van der Waals surface area contributed by atoms with Crippen molar-refractivity contribution < 1.29 is 19.4 Å². The monoisotopic (exact) mass is 285 g/mol. The van der Waals surface area contributed by atoms with Crippen molar-refractivity contribution in [3.05, 3.63) is 46.7 Å². The molecule has 108 valence electrons. The highest BCUT2D eigenvalue weighted by molar-refractivity contribution is 6.07. The number of hydrogen-bond acceptors (Lipinski definition) is 4. The molecule has 2 heterocycles. The van der Waals surface area contributed by atoms with Crippen LogP contribution in [0.5, 0.6) is 0 Å². The largest absolute Gasteiger partial charge is 0.481 e. The molecule has 0 saturated heterocycles. The molecule has 2 atom stereocenters. The first-order valence-electron chi connectivity index (χ1n) is 6.74. The number of carboxylic acids is 1. The summed E-state index contributed by atoms with van der Waals surface area (Å²) in [4.78, 5) is 28.0. The van der Waals surface area contributed by atoms with Gasteiger partial charge in [0.15, 0.2) is 0 Å². The molecule has 1 N–H and O–H groups in total. The second kappa shape index (κ2) is 4.84. The predicted octanol–water partition coefficient (Wildman–Crippen LogP) is 2.06. The summed E-state index contributed by atoms with van der Waals surface area (Å²) in [5.74, 6) is -2.81. The number of hydrogen-bond donors (Lipinski definition) is 1. The standard InChI is InChI=1S/C16H15NO4/c1-8-5-3-4-6-10(8)13-12(15(18)19)9(2)17-11-7-21-16(20)14(11)13/h3-6,12-13H,7H2,1-2H3,(H,18,19). The van der Waals surface area contributed by atoms with Gasteiger partial charge < -0.3 is 9.84 Å². The van der Waals surface area contributed by atoms with Gasteiger partial charge in [-0.05, 0) is 25.0 Å². The summed E-state index contributed by atoms with van der Waals surface area (Å²) in [6.45, 7) is 3.73. The fourth-order valence-electron chi connectivity index (χ4n) is 3.09. The molecule has 1 aromatic rings. The van der Waals surface area contributed by atoms with Crippen molar-refractivity contribution in [3.8, 4) is 0 Å². The van der Waals surface area contributed by atoms with Crippen LogP contribution in [0.25, 0.3) is 0 Å². The van der Waals surface area contributed by atoms with E-state index in [1.165, 1.54) is 0 Å². The second-order valence-corrected chi connectivity index (χ2v) is 5.34. The number of cyclic esters (lactones) is 1. The molecule has 1 aromatic carbocycles. The van der Waals surface area contributed by atoms with Gasteiger partial charge in [-0.25, -0.2) is 4.79 Å². The first-order chi connectivity index (χ1) is 10.0. The highest BCUT2D eigenvalue weighted by atomic mass is 16.5. The van der Waals surface area contributed by atoms with Gasteiger partial charge in [0, 0.05) is 11.6 Å². The van der Waals surface area contributed by atoms with Gasteiger partial charge in [0.1, 0.15) is 12.5 Å². The van der Waals surface area contributed by atoms with Crippen LogP contribution in [0.3, 0.4) is 0 Å². The summed E-state index contributed by atoms with van der Waals surface area (Å²) in [7, 11) is 0. The lowest BCUT2D eigenvalue weighted by Gasteiger charge is -2.28. The van der Waals surface area contributed by atoms with Crippen LogP contribution in [-0.4, -0.2) is 29.4 Å². The summed E-state index contributed by atoms with van der Waals surface area (Å²) >= 11 is 0. The van der Waals surface area contributed by atoms with E-state index in [2.05, 4.69) is 4.99 Å². The normalized spacial score (nSPS) is 24.5. The van der Waals surface area contributed by atoms with Crippen LogP contribution in [0.2, 0.25) is 0 Å². The second-order valence-electron chi connectivity index (χ2n) is 5.34. The molecule has 2 unspecified atom stereocenters. The number of aliphatic imine (C=N–C) groups is 1. The Balaban J connectivity index is 2.22. The van der Waals surface area contributed by atoms with Gasteiger partial charge in [0.05, 0.1) is 11.3 Å². The Morgan fingerprint density at radius 1 is 1.33 bits per heavy atom. The molecule has 0 bridgehead atoms. The Hall–Kier alpha value is -2.43. The molecule has 0 aliphatic carbocycles. The molecule has 3 rings (SSSR count). The van der Waals surface area contributed by atoms with Crippen LogP contribution in [0.15, 0.2) is 40.5 Å². The number of nitrogens with zero attached hydrogens (tertiary/aromatic N) is 1. The average Bonchev–Trinajstić information content (AvgIpc) is 2.79. The van der Waals surface area contributed by atoms with E-state index in [-0.39, 0.29) is 6.61 Å². The first kappa shape index (κ1) is 13.5. The Morgan fingerprint density at radius 2 is 2.05 bits per heavy atom. The first-order valence-corrected chi connectivity index (χ1v) is 6.74. The minimum Gasteiger partial charge on any atom is -0.481 e. The van der Waals surface area contributed by atoms with Gasteiger partial charge in [-0.1, -0.05) is 24.3 Å². The van der Waals surface area contributed by atoms with Gasteiger partial charge in [0.2, 0.25) is 0 Å². The number of rotatable bonds is 2. The van der Waals surface area contributed by atoms with E-state index in [4.69, 9.17) is 4.74 Å². The molecular formula is C16H15NO4. The van der Waals surface area contributed by atoms with Crippen LogP contribution in [-0.2, 0) is 14.3 Å². The van der Waals surface area contributed by atoms with Crippen LogP contribution in [0.4, 0.5) is 0 Å². The van der Waals surface area contributed by atoms with Crippen molar-refractivity contribution >= 4 is 17.7 Å².